The fourth-order valence-corrected chi connectivity index (χ4v) is 2.75. The van der Waals surface area contributed by atoms with Gasteiger partial charge in [0.2, 0.25) is 0 Å². The minimum Gasteiger partial charge on any atom is -0.388 e. The highest BCUT2D eigenvalue weighted by Gasteiger charge is 2.02. The van der Waals surface area contributed by atoms with E-state index in [9.17, 15) is 0 Å². The first-order valence-electron chi connectivity index (χ1n) is 8.85. The van der Waals surface area contributed by atoms with Crippen LogP contribution in [-0.2, 0) is 6.42 Å². The van der Waals surface area contributed by atoms with Gasteiger partial charge >= 0.3 is 0 Å². The Bertz CT molecular complexity index is 1060. The summed E-state index contributed by atoms with van der Waals surface area (Å²) in [5.74, 6) is 0.361. The molecule has 28 heavy (non-hydrogen) atoms. The monoisotopic (exact) mass is 370 g/mol. The third-order valence-electron chi connectivity index (χ3n) is 4.21. The molecule has 0 amide bonds. The first-order chi connectivity index (χ1) is 13.5. The Balaban J connectivity index is 1.63. The smallest absolute Gasteiger partial charge is 0.146 e. The summed E-state index contributed by atoms with van der Waals surface area (Å²) in [5, 5.41) is 20.1. The Kier molecular flexibility index (Phi) is 5.91. The van der Waals surface area contributed by atoms with E-state index in [0.29, 0.717) is 18.0 Å². The largest absolute Gasteiger partial charge is 0.388 e. The van der Waals surface area contributed by atoms with Crippen LogP contribution < -0.4 is 11.1 Å². The minimum absolute atomic E-state index is 0.0107. The van der Waals surface area contributed by atoms with E-state index in [2.05, 4.69) is 15.3 Å². The molecule has 3 rings (SSSR count). The number of rotatable bonds is 6. The standard InChI is InChI=1S/C22H22N6/c1-26-18-7-5-16(6-8-18)19(23)9-11-21(24)28-22(25)14-15-4-10-20-17(13-15)3-2-12-27-20/h2-13,23,26H,14H2,1H3,(H3,24,25,28)/b11-9-,23-19?. The molecule has 3 aromatic rings. The van der Waals surface area contributed by atoms with Crippen LogP contribution in [0.25, 0.3) is 10.9 Å². The number of allylic oxidation sites excluding steroid dienone is 1. The summed E-state index contributed by atoms with van der Waals surface area (Å²) in [6.45, 7) is 0. The van der Waals surface area contributed by atoms with Gasteiger partial charge in [0.25, 0.3) is 0 Å². The lowest BCUT2D eigenvalue weighted by atomic mass is 10.1. The van der Waals surface area contributed by atoms with Gasteiger partial charge in [-0.1, -0.05) is 24.3 Å². The topological polar surface area (TPSA) is 111 Å². The number of nitrogens with two attached hydrogens (primary N) is 1. The molecule has 0 saturated heterocycles. The fraction of sp³-hybridized carbons (Fsp3) is 0.0909. The van der Waals surface area contributed by atoms with Crippen molar-refractivity contribution >= 4 is 34.0 Å². The predicted octanol–water partition coefficient (Wildman–Crippen LogP) is 3.78. The van der Waals surface area contributed by atoms with Crippen molar-refractivity contribution in [1.82, 2.24) is 4.98 Å². The van der Waals surface area contributed by atoms with Crippen LogP contribution in [0.5, 0.6) is 0 Å². The number of aromatic nitrogens is 1. The second kappa shape index (κ2) is 8.73. The van der Waals surface area contributed by atoms with Crippen molar-refractivity contribution in [2.24, 2.45) is 10.7 Å². The number of nitrogens with zero attached hydrogens (tertiary/aromatic N) is 2. The number of fused-ring (bicyclic) bond motifs is 1. The van der Waals surface area contributed by atoms with Gasteiger partial charge in [0.15, 0.2) is 0 Å². The zero-order valence-corrected chi connectivity index (χ0v) is 15.6. The van der Waals surface area contributed by atoms with Gasteiger partial charge in [-0.15, -0.1) is 0 Å². The quantitative estimate of drug-likeness (QED) is 0.391. The van der Waals surface area contributed by atoms with Crippen molar-refractivity contribution in [2.45, 2.75) is 6.42 Å². The normalized spacial score (nSPS) is 11.7. The lowest BCUT2D eigenvalue weighted by Gasteiger charge is -2.04. The Hall–Kier alpha value is -3.80. The van der Waals surface area contributed by atoms with Crippen LogP contribution in [-0.4, -0.2) is 29.4 Å². The highest BCUT2D eigenvalue weighted by Crippen LogP contribution is 2.14. The van der Waals surface area contributed by atoms with Crippen LogP contribution in [0.2, 0.25) is 0 Å². The van der Waals surface area contributed by atoms with Gasteiger partial charge < -0.3 is 16.5 Å². The second-order valence-corrected chi connectivity index (χ2v) is 6.27. The summed E-state index contributed by atoms with van der Waals surface area (Å²) in [4.78, 5) is 8.41. The molecule has 2 aromatic carbocycles. The number of amidine groups is 2. The molecular weight excluding hydrogens is 348 g/mol. The van der Waals surface area contributed by atoms with Gasteiger partial charge in [0.1, 0.15) is 11.7 Å². The van der Waals surface area contributed by atoms with Crippen molar-refractivity contribution in [3.63, 3.8) is 0 Å². The molecule has 0 atom stereocenters. The first kappa shape index (κ1) is 19.0. The second-order valence-electron chi connectivity index (χ2n) is 6.27. The summed E-state index contributed by atoms with van der Waals surface area (Å²) in [7, 11) is 1.85. The van der Waals surface area contributed by atoms with Crippen LogP contribution >= 0.6 is 0 Å². The minimum atomic E-state index is 0.0107. The molecule has 0 bridgehead atoms. The Labute approximate surface area is 163 Å². The number of aliphatic imine (C=N–C) groups is 1. The Morgan fingerprint density at radius 2 is 1.89 bits per heavy atom. The maximum Gasteiger partial charge on any atom is 0.146 e. The molecule has 6 nitrogen and oxygen atoms in total. The first-order valence-corrected chi connectivity index (χ1v) is 8.85. The molecule has 0 aliphatic rings. The maximum absolute atomic E-state index is 8.10. The molecule has 0 fully saturated rings. The molecule has 6 heteroatoms. The fourth-order valence-electron chi connectivity index (χ4n) is 2.75. The van der Waals surface area contributed by atoms with E-state index < -0.39 is 0 Å². The zero-order chi connectivity index (χ0) is 19.9. The van der Waals surface area contributed by atoms with Crippen molar-refractivity contribution < 1.29 is 0 Å². The molecule has 0 aliphatic heterocycles. The lowest BCUT2D eigenvalue weighted by molar-refractivity contribution is 1.28. The molecule has 5 N–H and O–H groups in total. The summed E-state index contributed by atoms with van der Waals surface area (Å²) >= 11 is 0. The molecule has 1 aromatic heterocycles. The third kappa shape index (κ3) is 4.88. The molecule has 1 heterocycles. The number of pyridine rings is 1. The van der Waals surface area contributed by atoms with Crippen LogP contribution in [0.4, 0.5) is 5.69 Å². The predicted molar refractivity (Wildman–Crippen MR) is 117 cm³/mol. The van der Waals surface area contributed by atoms with E-state index in [1.807, 2.05) is 61.6 Å². The number of hydrogen-bond acceptors (Lipinski definition) is 4. The van der Waals surface area contributed by atoms with Gasteiger partial charge in [0.05, 0.1) is 11.2 Å². The number of anilines is 1. The van der Waals surface area contributed by atoms with Crippen molar-refractivity contribution in [1.29, 1.82) is 10.8 Å². The zero-order valence-electron chi connectivity index (χ0n) is 15.6. The van der Waals surface area contributed by atoms with Crippen LogP contribution in [0, 0.1) is 10.8 Å². The number of benzene rings is 2. The number of nitrogens with one attached hydrogen (secondary N) is 3. The molecule has 0 spiro atoms. The van der Waals surface area contributed by atoms with Gasteiger partial charge in [-0.05, 0) is 53.6 Å². The summed E-state index contributed by atoms with van der Waals surface area (Å²) in [6.07, 6.45) is 5.24. The van der Waals surface area contributed by atoms with Crippen LogP contribution in [0.15, 0.2) is 77.9 Å². The third-order valence-corrected chi connectivity index (χ3v) is 4.21. The maximum atomic E-state index is 8.10. The summed E-state index contributed by atoms with van der Waals surface area (Å²) in [5.41, 5.74) is 10.00. The molecule has 0 unspecified atom stereocenters. The van der Waals surface area contributed by atoms with Gasteiger partial charge in [-0.25, -0.2) is 4.99 Å². The van der Waals surface area contributed by atoms with E-state index in [1.54, 1.807) is 12.3 Å². The van der Waals surface area contributed by atoms with E-state index in [0.717, 1.165) is 27.7 Å². The van der Waals surface area contributed by atoms with Gasteiger partial charge in [-0.3, -0.25) is 10.4 Å². The van der Waals surface area contributed by atoms with E-state index in [1.165, 1.54) is 6.08 Å². The summed E-state index contributed by atoms with van der Waals surface area (Å²) in [6, 6.07) is 17.3. The van der Waals surface area contributed by atoms with Crippen molar-refractivity contribution in [2.75, 3.05) is 12.4 Å². The molecule has 0 saturated carbocycles. The summed E-state index contributed by atoms with van der Waals surface area (Å²) < 4.78 is 0. The van der Waals surface area contributed by atoms with Crippen molar-refractivity contribution in [3.8, 4) is 0 Å². The van der Waals surface area contributed by atoms with E-state index in [4.69, 9.17) is 16.6 Å². The molecular formula is C22H22N6. The Morgan fingerprint density at radius 3 is 2.64 bits per heavy atom. The van der Waals surface area contributed by atoms with E-state index >= 15 is 0 Å². The number of hydrogen-bond donors (Lipinski definition) is 4. The SMILES string of the molecule is CNc1ccc(C(=N)/C=C\C(=N)N=C(N)Cc2ccc3ncccc3c2)cc1. The lowest BCUT2D eigenvalue weighted by Crippen LogP contribution is -2.16. The van der Waals surface area contributed by atoms with Crippen LogP contribution in [0.3, 0.4) is 0 Å². The molecule has 0 aliphatic carbocycles. The average Bonchev–Trinajstić information content (AvgIpc) is 2.72. The average molecular weight is 370 g/mol. The molecule has 140 valence electrons. The van der Waals surface area contributed by atoms with E-state index in [-0.39, 0.29) is 5.84 Å². The van der Waals surface area contributed by atoms with Gasteiger partial charge in [0, 0.05) is 30.7 Å². The highest BCUT2D eigenvalue weighted by molar-refractivity contribution is 6.11. The van der Waals surface area contributed by atoms with Crippen molar-refractivity contribution in [3.05, 3.63) is 84.1 Å². The Morgan fingerprint density at radius 1 is 1.11 bits per heavy atom. The van der Waals surface area contributed by atoms with Gasteiger partial charge in [-0.2, -0.15) is 0 Å². The van der Waals surface area contributed by atoms with Crippen LogP contribution in [0.1, 0.15) is 11.1 Å². The highest BCUT2D eigenvalue weighted by atomic mass is 14.9. The molecule has 0 radical (unpaired) electrons.